The summed E-state index contributed by atoms with van der Waals surface area (Å²) in [6, 6.07) is 17.9. The van der Waals surface area contributed by atoms with Crippen LogP contribution in [0.25, 0.3) is 11.1 Å². The maximum Gasteiger partial charge on any atom is 0.305 e. The van der Waals surface area contributed by atoms with Gasteiger partial charge in [-0.15, -0.1) is 6.58 Å². The minimum absolute atomic E-state index is 0.0532. The quantitative estimate of drug-likeness (QED) is 0.128. The van der Waals surface area contributed by atoms with Crippen LogP contribution in [-0.2, 0) is 9.53 Å². The number of allylic oxidation sites excluding steroid dienone is 1. The van der Waals surface area contributed by atoms with Crippen molar-refractivity contribution in [2.75, 3.05) is 13.2 Å². The monoisotopic (exact) mass is 461 g/mol. The van der Waals surface area contributed by atoms with Gasteiger partial charge in [-0.1, -0.05) is 68.9 Å². The highest BCUT2D eigenvalue weighted by atomic mass is 16.5. The Bertz CT molecular complexity index is 865. The number of ether oxygens (including phenoxy) is 2. The van der Waals surface area contributed by atoms with E-state index in [1.54, 1.807) is 0 Å². The number of hydrogen-bond acceptors (Lipinski definition) is 4. The van der Waals surface area contributed by atoms with Gasteiger partial charge < -0.3 is 9.47 Å². The molecule has 2 aromatic carbocycles. The normalized spacial score (nSPS) is 10.4. The summed E-state index contributed by atoms with van der Waals surface area (Å²) in [5.74, 6) is 0.843. The van der Waals surface area contributed by atoms with E-state index < -0.39 is 0 Å². The lowest BCUT2D eigenvalue weighted by atomic mass is 10.0. The van der Waals surface area contributed by atoms with E-state index in [1.165, 1.54) is 32.1 Å². The number of rotatable bonds is 18. The Morgan fingerprint density at radius 3 is 1.94 bits per heavy atom. The van der Waals surface area contributed by atoms with E-state index in [4.69, 9.17) is 14.7 Å². The van der Waals surface area contributed by atoms with Gasteiger partial charge in [0.2, 0.25) is 0 Å². The lowest BCUT2D eigenvalue weighted by Gasteiger charge is -2.08. The highest BCUT2D eigenvalue weighted by Crippen LogP contribution is 2.23. The Morgan fingerprint density at radius 1 is 0.765 bits per heavy atom. The van der Waals surface area contributed by atoms with Crippen molar-refractivity contribution in [3.63, 3.8) is 0 Å². The fourth-order valence-corrected chi connectivity index (χ4v) is 3.75. The summed E-state index contributed by atoms with van der Waals surface area (Å²) < 4.78 is 11.1. The van der Waals surface area contributed by atoms with Crippen LogP contribution in [0.2, 0.25) is 0 Å². The van der Waals surface area contributed by atoms with Gasteiger partial charge >= 0.3 is 5.97 Å². The van der Waals surface area contributed by atoms with Crippen molar-refractivity contribution in [1.29, 1.82) is 5.26 Å². The van der Waals surface area contributed by atoms with Crippen LogP contribution in [0.5, 0.6) is 5.75 Å². The topological polar surface area (TPSA) is 59.3 Å². The van der Waals surface area contributed by atoms with Crippen LogP contribution in [0.3, 0.4) is 0 Å². The largest absolute Gasteiger partial charge is 0.494 e. The molecule has 0 saturated carbocycles. The van der Waals surface area contributed by atoms with E-state index in [-0.39, 0.29) is 5.97 Å². The van der Waals surface area contributed by atoms with Crippen molar-refractivity contribution < 1.29 is 14.3 Å². The Labute approximate surface area is 205 Å². The first-order valence-electron chi connectivity index (χ1n) is 12.7. The summed E-state index contributed by atoms with van der Waals surface area (Å²) in [5, 5.41) is 8.90. The lowest BCUT2D eigenvalue weighted by molar-refractivity contribution is -0.143. The number of esters is 1. The molecule has 0 aliphatic rings. The number of benzene rings is 2. The maximum atomic E-state index is 11.7. The fourth-order valence-electron chi connectivity index (χ4n) is 3.75. The number of carbonyl (C=O) groups is 1. The molecule has 0 amide bonds. The van der Waals surface area contributed by atoms with E-state index in [0.717, 1.165) is 62.0 Å². The summed E-state index contributed by atoms with van der Waals surface area (Å²) in [6.07, 6.45) is 14.6. The van der Waals surface area contributed by atoms with Crippen LogP contribution < -0.4 is 4.74 Å². The first-order valence-corrected chi connectivity index (χ1v) is 12.7. The summed E-state index contributed by atoms with van der Waals surface area (Å²) in [6.45, 7) is 4.97. The van der Waals surface area contributed by atoms with Gasteiger partial charge in [0, 0.05) is 6.42 Å². The van der Waals surface area contributed by atoms with Crippen LogP contribution in [0, 0.1) is 11.3 Å². The second-order valence-electron chi connectivity index (χ2n) is 8.65. The Kier molecular flexibility index (Phi) is 13.9. The summed E-state index contributed by atoms with van der Waals surface area (Å²) >= 11 is 0. The number of nitrogens with zero attached hydrogens (tertiary/aromatic N) is 1. The second kappa shape index (κ2) is 17.4. The van der Waals surface area contributed by atoms with E-state index in [1.807, 2.05) is 42.5 Å². The summed E-state index contributed by atoms with van der Waals surface area (Å²) in [5.41, 5.74) is 2.89. The lowest BCUT2D eigenvalue weighted by Crippen LogP contribution is -2.05. The maximum absolute atomic E-state index is 11.7. The number of nitriles is 1. The molecule has 0 N–H and O–H groups in total. The van der Waals surface area contributed by atoms with Gasteiger partial charge in [-0.25, -0.2) is 0 Å². The van der Waals surface area contributed by atoms with Gasteiger partial charge in [0.15, 0.2) is 0 Å². The van der Waals surface area contributed by atoms with E-state index in [0.29, 0.717) is 18.6 Å². The third kappa shape index (κ3) is 11.7. The summed E-state index contributed by atoms with van der Waals surface area (Å²) in [7, 11) is 0. The molecule has 4 nitrogen and oxygen atoms in total. The standard InChI is InChI=1S/C30H39NO3/c1-2-3-4-12-24-34-30(32)14-11-9-7-5-6-8-10-13-23-33-29-21-19-28(20-22-29)27-17-15-26(25-31)16-18-27/h2,15-22H,1,3-14,23-24H2. The van der Waals surface area contributed by atoms with Gasteiger partial charge in [0.1, 0.15) is 5.75 Å². The average molecular weight is 462 g/mol. The molecule has 2 aromatic rings. The molecule has 0 heterocycles. The average Bonchev–Trinajstić information content (AvgIpc) is 2.87. The Balaban J connectivity index is 1.42. The van der Waals surface area contributed by atoms with Gasteiger partial charge in [-0.3, -0.25) is 4.79 Å². The summed E-state index contributed by atoms with van der Waals surface area (Å²) in [4.78, 5) is 11.7. The molecule has 0 fully saturated rings. The van der Waals surface area contributed by atoms with E-state index in [9.17, 15) is 4.79 Å². The van der Waals surface area contributed by atoms with Crippen LogP contribution in [0.15, 0.2) is 61.2 Å². The van der Waals surface area contributed by atoms with Crippen LogP contribution in [-0.4, -0.2) is 19.2 Å². The predicted molar refractivity (Wildman–Crippen MR) is 139 cm³/mol. The molecule has 0 radical (unpaired) electrons. The molecule has 182 valence electrons. The molecule has 4 heteroatoms. The van der Waals surface area contributed by atoms with Crippen LogP contribution >= 0.6 is 0 Å². The van der Waals surface area contributed by atoms with Crippen LogP contribution in [0.4, 0.5) is 0 Å². The van der Waals surface area contributed by atoms with Crippen molar-refractivity contribution >= 4 is 5.97 Å². The number of hydrogen-bond donors (Lipinski definition) is 0. The zero-order valence-electron chi connectivity index (χ0n) is 20.5. The minimum Gasteiger partial charge on any atom is -0.494 e. The fraction of sp³-hybridized carbons (Fsp3) is 0.467. The van der Waals surface area contributed by atoms with Gasteiger partial charge in [-0.2, -0.15) is 5.26 Å². The van der Waals surface area contributed by atoms with Gasteiger partial charge in [0.05, 0.1) is 24.8 Å². The van der Waals surface area contributed by atoms with Crippen molar-refractivity contribution in [3.05, 3.63) is 66.7 Å². The van der Waals surface area contributed by atoms with Gasteiger partial charge in [0.25, 0.3) is 0 Å². The molecule has 0 aliphatic carbocycles. The SMILES string of the molecule is C=CCCCCOC(=O)CCCCCCCCCCOc1ccc(-c2ccc(C#N)cc2)cc1. The van der Waals surface area contributed by atoms with Crippen molar-refractivity contribution in [2.24, 2.45) is 0 Å². The highest BCUT2D eigenvalue weighted by molar-refractivity contribution is 5.69. The molecular formula is C30H39NO3. The third-order valence-electron chi connectivity index (χ3n) is 5.81. The Hall–Kier alpha value is -3.06. The Morgan fingerprint density at radius 2 is 1.32 bits per heavy atom. The minimum atomic E-state index is -0.0532. The van der Waals surface area contributed by atoms with E-state index in [2.05, 4.69) is 24.8 Å². The molecule has 0 saturated heterocycles. The van der Waals surface area contributed by atoms with Crippen LogP contribution in [0.1, 0.15) is 82.6 Å². The number of carbonyl (C=O) groups excluding carboxylic acids is 1. The molecule has 0 atom stereocenters. The van der Waals surface area contributed by atoms with Crippen molar-refractivity contribution in [3.8, 4) is 22.9 Å². The predicted octanol–water partition coefficient (Wildman–Crippen LogP) is 8.01. The highest BCUT2D eigenvalue weighted by Gasteiger charge is 2.03. The molecule has 0 aliphatic heterocycles. The first kappa shape index (κ1) is 27.2. The molecule has 0 aromatic heterocycles. The molecule has 34 heavy (non-hydrogen) atoms. The molecule has 2 rings (SSSR count). The smallest absolute Gasteiger partial charge is 0.305 e. The molecule has 0 spiro atoms. The van der Waals surface area contributed by atoms with Crippen molar-refractivity contribution in [2.45, 2.75) is 77.0 Å². The first-order chi connectivity index (χ1) is 16.7. The second-order valence-corrected chi connectivity index (χ2v) is 8.65. The molecular weight excluding hydrogens is 422 g/mol. The zero-order chi connectivity index (χ0) is 24.3. The zero-order valence-corrected chi connectivity index (χ0v) is 20.5. The van der Waals surface area contributed by atoms with E-state index >= 15 is 0 Å². The molecule has 0 bridgehead atoms. The third-order valence-corrected chi connectivity index (χ3v) is 5.81. The number of unbranched alkanes of at least 4 members (excludes halogenated alkanes) is 9. The van der Waals surface area contributed by atoms with Crippen molar-refractivity contribution in [1.82, 2.24) is 0 Å². The molecule has 0 unspecified atom stereocenters. The van der Waals surface area contributed by atoms with Gasteiger partial charge in [-0.05, 0) is 67.5 Å².